The lowest BCUT2D eigenvalue weighted by Crippen LogP contribution is -2.21. The highest BCUT2D eigenvalue weighted by molar-refractivity contribution is 7.94. The van der Waals surface area contributed by atoms with Gasteiger partial charge in [-0.2, -0.15) is 5.10 Å². The van der Waals surface area contributed by atoms with Crippen molar-refractivity contribution in [3.63, 3.8) is 0 Å². The Morgan fingerprint density at radius 2 is 2.15 bits per heavy atom. The van der Waals surface area contributed by atoms with Gasteiger partial charge in [0.1, 0.15) is 4.21 Å². The monoisotopic (exact) mass is 313 g/mol. The molecule has 2 rings (SSSR count). The Kier molecular flexibility index (Phi) is 4.63. The van der Waals surface area contributed by atoms with Gasteiger partial charge in [0.15, 0.2) is 0 Å². The van der Waals surface area contributed by atoms with Crippen molar-refractivity contribution in [2.45, 2.75) is 30.6 Å². The van der Waals surface area contributed by atoms with Crippen molar-refractivity contribution in [3.05, 3.63) is 29.4 Å². The van der Waals surface area contributed by atoms with E-state index >= 15 is 0 Å². The highest BCUT2D eigenvalue weighted by atomic mass is 32.2. The van der Waals surface area contributed by atoms with Gasteiger partial charge >= 0.3 is 0 Å². The molecule has 0 radical (unpaired) electrons. The van der Waals surface area contributed by atoms with Crippen LogP contribution in [0.1, 0.15) is 19.4 Å². The molecule has 2 heterocycles. The lowest BCUT2D eigenvalue weighted by Gasteiger charge is -2.05. The van der Waals surface area contributed by atoms with Gasteiger partial charge in [-0.1, -0.05) is 13.8 Å². The number of hydrogen-bond acceptors (Lipinski definition) is 7. The molecule has 9 heteroatoms. The molecule has 0 aliphatic rings. The quantitative estimate of drug-likeness (QED) is 0.832. The van der Waals surface area contributed by atoms with E-state index < -0.39 is 10.0 Å². The van der Waals surface area contributed by atoms with E-state index in [2.05, 4.69) is 25.2 Å². The molecule has 0 aliphatic carbocycles. The Hall–Kier alpha value is -1.58. The van der Waals surface area contributed by atoms with Crippen LogP contribution in [0.3, 0.4) is 0 Å². The van der Waals surface area contributed by atoms with Crippen LogP contribution in [-0.2, 0) is 16.6 Å². The van der Waals surface area contributed by atoms with Crippen LogP contribution in [0, 0.1) is 0 Å². The van der Waals surface area contributed by atoms with Crippen molar-refractivity contribution in [3.8, 4) is 0 Å². The molecule has 0 spiro atoms. The average Bonchev–Trinajstić information content (AvgIpc) is 2.86. The second kappa shape index (κ2) is 6.25. The Morgan fingerprint density at radius 1 is 1.35 bits per heavy atom. The predicted octanol–water partition coefficient (Wildman–Crippen LogP) is 1.23. The summed E-state index contributed by atoms with van der Waals surface area (Å²) >= 11 is 1.16. The van der Waals surface area contributed by atoms with Crippen molar-refractivity contribution in [1.29, 1.82) is 0 Å². The molecule has 0 saturated carbocycles. The zero-order chi connectivity index (χ0) is 14.6. The molecule has 0 aliphatic heterocycles. The van der Waals surface area contributed by atoms with E-state index in [-0.39, 0.29) is 10.2 Å². The van der Waals surface area contributed by atoms with Crippen LogP contribution >= 0.6 is 11.3 Å². The molecular formula is C11H15N5O2S2. The van der Waals surface area contributed by atoms with Crippen molar-refractivity contribution in [2.75, 3.05) is 4.72 Å². The zero-order valence-corrected chi connectivity index (χ0v) is 12.7. The minimum absolute atomic E-state index is 0.0391. The van der Waals surface area contributed by atoms with Gasteiger partial charge in [0.25, 0.3) is 16.0 Å². The van der Waals surface area contributed by atoms with Crippen LogP contribution in [0.2, 0.25) is 0 Å². The van der Waals surface area contributed by atoms with Gasteiger partial charge in [0, 0.05) is 12.6 Å². The van der Waals surface area contributed by atoms with Crippen LogP contribution in [-0.4, -0.2) is 29.6 Å². The number of aromatic nitrogens is 3. The van der Waals surface area contributed by atoms with Crippen molar-refractivity contribution in [1.82, 2.24) is 20.5 Å². The molecule has 0 bridgehead atoms. The molecule has 0 saturated heterocycles. The first-order chi connectivity index (χ1) is 9.47. The summed E-state index contributed by atoms with van der Waals surface area (Å²) in [6.45, 7) is 4.70. The third-order valence-corrected chi connectivity index (χ3v) is 5.13. The Balaban J connectivity index is 2.10. The summed E-state index contributed by atoms with van der Waals surface area (Å²) in [4.78, 5) is 3.78. The van der Waals surface area contributed by atoms with Crippen molar-refractivity contribution >= 4 is 27.3 Å². The number of thiophene rings is 1. The third kappa shape index (κ3) is 3.95. The summed E-state index contributed by atoms with van der Waals surface area (Å²) in [5, 5.41) is 12.2. The van der Waals surface area contributed by atoms with E-state index in [1.807, 2.05) is 19.2 Å². The average molecular weight is 313 g/mol. The topological polar surface area (TPSA) is 96.9 Å². The first-order valence-electron chi connectivity index (χ1n) is 5.94. The van der Waals surface area contributed by atoms with Crippen LogP contribution in [0.4, 0.5) is 5.95 Å². The van der Waals surface area contributed by atoms with Crippen molar-refractivity contribution < 1.29 is 8.42 Å². The van der Waals surface area contributed by atoms with E-state index in [0.29, 0.717) is 12.6 Å². The highest BCUT2D eigenvalue weighted by Crippen LogP contribution is 2.21. The molecule has 0 atom stereocenters. The molecule has 0 unspecified atom stereocenters. The van der Waals surface area contributed by atoms with Gasteiger partial charge in [0.2, 0.25) is 0 Å². The summed E-state index contributed by atoms with van der Waals surface area (Å²) in [6, 6.07) is 1.98. The molecule has 2 N–H and O–H groups in total. The van der Waals surface area contributed by atoms with Gasteiger partial charge < -0.3 is 5.32 Å². The first-order valence-corrected chi connectivity index (χ1v) is 8.31. The minimum atomic E-state index is -3.66. The fourth-order valence-electron chi connectivity index (χ4n) is 1.37. The second-order valence-corrected chi connectivity index (χ2v) is 7.20. The highest BCUT2D eigenvalue weighted by Gasteiger charge is 2.18. The van der Waals surface area contributed by atoms with Crippen molar-refractivity contribution in [2.24, 2.45) is 0 Å². The predicted molar refractivity (Wildman–Crippen MR) is 76.9 cm³/mol. The number of rotatable bonds is 6. The maximum Gasteiger partial charge on any atom is 0.273 e. The Morgan fingerprint density at radius 3 is 2.80 bits per heavy atom. The summed E-state index contributed by atoms with van der Waals surface area (Å²) in [5.74, 6) is -0.0391. The normalized spacial score (nSPS) is 11.8. The molecule has 0 fully saturated rings. The molecule has 0 amide bonds. The van der Waals surface area contributed by atoms with Crippen LogP contribution in [0.15, 0.2) is 28.0 Å². The number of hydrogen-bond donors (Lipinski definition) is 2. The van der Waals surface area contributed by atoms with Gasteiger partial charge in [-0.25, -0.2) is 18.1 Å². The number of sulfonamides is 1. The van der Waals surface area contributed by atoms with E-state index in [4.69, 9.17) is 0 Å². The maximum atomic E-state index is 12.1. The summed E-state index contributed by atoms with van der Waals surface area (Å²) < 4.78 is 26.8. The zero-order valence-electron chi connectivity index (χ0n) is 11.1. The maximum absolute atomic E-state index is 12.1. The van der Waals surface area contributed by atoms with Gasteiger partial charge in [0.05, 0.1) is 12.4 Å². The number of anilines is 1. The minimum Gasteiger partial charge on any atom is -0.310 e. The van der Waals surface area contributed by atoms with Gasteiger partial charge in [-0.15, -0.1) is 16.4 Å². The standard InChI is InChI=1S/C11H15N5O2S2/c1-8(2)13-6-9-5-10(19-7-9)20(17,18)16-11-12-3-4-14-15-11/h3-5,7-8,13H,6H2,1-2H3,(H,12,15,16). The Bertz CT molecular complexity index is 654. The number of nitrogens with one attached hydrogen (secondary N) is 2. The fraction of sp³-hybridized carbons (Fsp3) is 0.364. The van der Waals surface area contributed by atoms with Crippen LogP contribution in [0.25, 0.3) is 0 Å². The van der Waals surface area contributed by atoms with E-state index in [9.17, 15) is 8.42 Å². The smallest absolute Gasteiger partial charge is 0.273 e. The van der Waals surface area contributed by atoms with Gasteiger partial charge in [-0.05, 0) is 17.0 Å². The van der Waals surface area contributed by atoms with Gasteiger partial charge in [-0.3, -0.25) is 0 Å². The Labute approximate surface area is 121 Å². The largest absolute Gasteiger partial charge is 0.310 e. The molecular weight excluding hydrogens is 298 g/mol. The second-order valence-electron chi connectivity index (χ2n) is 4.38. The summed E-state index contributed by atoms with van der Waals surface area (Å²) in [5.41, 5.74) is 0.927. The van der Waals surface area contributed by atoms with Crippen LogP contribution < -0.4 is 10.0 Å². The molecule has 7 nitrogen and oxygen atoms in total. The molecule has 0 aromatic carbocycles. The lowest BCUT2D eigenvalue weighted by molar-refractivity contribution is 0.589. The molecule has 108 valence electrons. The third-order valence-electron chi connectivity index (χ3n) is 2.32. The summed E-state index contributed by atoms with van der Waals surface area (Å²) in [7, 11) is -3.66. The molecule has 2 aromatic heterocycles. The van der Waals surface area contributed by atoms with E-state index in [1.54, 1.807) is 6.07 Å². The van der Waals surface area contributed by atoms with E-state index in [0.717, 1.165) is 16.9 Å². The first kappa shape index (κ1) is 14.8. The van der Waals surface area contributed by atoms with Crippen LogP contribution in [0.5, 0.6) is 0 Å². The number of nitrogens with zero attached hydrogens (tertiary/aromatic N) is 3. The fourth-order valence-corrected chi connectivity index (χ4v) is 3.53. The molecule has 20 heavy (non-hydrogen) atoms. The van der Waals surface area contributed by atoms with E-state index in [1.165, 1.54) is 12.4 Å². The molecule has 2 aromatic rings. The lowest BCUT2D eigenvalue weighted by atomic mass is 10.3. The SMILES string of the molecule is CC(C)NCc1csc(S(=O)(=O)Nc2nccnn2)c1. The summed E-state index contributed by atoms with van der Waals surface area (Å²) in [6.07, 6.45) is 2.75.